The SMILES string of the molecule is CC(C)(C)OCCNCC1CN2CCCC2CO1. The minimum absolute atomic E-state index is 0.0359. The molecule has 4 nitrogen and oxygen atoms in total. The average molecular weight is 256 g/mol. The monoisotopic (exact) mass is 256 g/mol. The van der Waals surface area contributed by atoms with Crippen LogP contribution >= 0.6 is 0 Å². The van der Waals surface area contributed by atoms with E-state index < -0.39 is 0 Å². The van der Waals surface area contributed by atoms with E-state index in [1.807, 2.05) is 0 Å². The molecule has 2 aliphatic rings. The summed E-state index contributed by atoms with van der Waals surface area (Å²) in [6.07, 6.45) is 3.02. The number of nitrogens with zero attached hydrogens (tertiary/aromatic N) is 1. The molecule has 0 radical (unpaired) electrons. The third-order valence-electron chi connectivity index (χ3n) is 3.65. The zero-order chi connectivity index (χ0) is 13.0. The lowest BCUT2D eigenvalue weighted by Gasteiger charge is -2.35. The van der Waals surface area contributed by atoms with E-state index in [1.165, 1.54) is 19.4 Å². The van der Waals surface area contributed by atoms with E-state index in [0.29, 0.717) is 12.1 Å². The van der Waals surface area contributed by atoms with Gasteiger partial charge in [0.1, 0.15) is 0 Å². The van der Waals surface area contributed by atoms with Gasteiger partial charge in [-0.2, -0.15) is 0 Å². The quantitative estimate of drug-likeness (QED) is 0.751. The Morgan fingerprint density at radius 2 is 2.22 bits per heavy atom. The number of rotatable bonds is 5. The fraction of sp³-hybridized carbons (Fsp3) is 1.00. The second-order valence-corrected chi connectivity index (χ2v) is 6.41. The van der Waals surface area contributed by atoms with Gasteiger partial charge in [-0.05, 0) is 40.2 Å². The summed E-state index contributed by atoms with van der Waals surface area (Å²) in [5.74, 6) is 0. The number of hydrogen-bond donors (Lipinski definition) is 1. The highest BCUT2D eigenvalue weighted by atomic mass is 16.5. The van der Waals surface area contributed by atoms with Crippen LogP contribution in [0.15, 0.2) is 0 Å². The molecule has 106 valence electrons. The summed E-state index contributed by atoms with van der Waals surface area (Å²) in [4.78, 5) is 2.58. The summed E-state index contributed by atoms with van der Waals surface area (Å²) in [7, 11) is 0. The minimum Gasteiger partial charge on any atom is -0.375 e. The van der Waals surface area contributed by atoms with Crippen molar-refractivity contribution < 1.29 is 9.47 Å². The lowest BCUT2D eigenvalue weighted by Crippen LogP contribution is -2.49. The molecule has 0 spiro atoms. The van der Waals surface area contributed by atoms with Crippen molar-refractivity contribution in [3.05, 3.63) is 0 Å². The predicted octanol–water partition coefficient (Wildman–Crippen LogP) is 1.25. The van der Waals surface area contributed by atoms with Crippen LogP contribution in [0.25, 0.3) is 0 Å². The summed E-state index contributed by atoms with van der Waals surface area (Å²) in [6.45, 7) is 12.2. The van der Waals surface area contributed by atoms with Crippen molar-refractivity contribution in [2.24, 2.45) is 0 Å². The maximum absolute atomic E-state index is 5.89. The van der Waals surface area contributed by atoms with Crippen LogP contribution in [0.3, 0.4) is 0 Å². The van der Waals surface area contributed by atoms with E-state index in [1.54, 1.807) is 0 Å². The van der Waals surface area contributed by atoms with Crippen LogP contribution in [-0.4, -0.2) is 62.0 Å². The van der Waals surface area contributed by atoms with Gasteiger partial charge in [0.05, 0.1) is 24.9 Å². The highest BCUT2D eigenvalue weighted by Gasteiger charge is 2.31. The third kappa shape index (κ3) is 4.50. The van der Waals surface area contributed by atoms with Crippen molar-refractivity contribution in [1.29, 1.82) is 0 Å². The standard InChI is InChI=1S/C14H28N2O2/c1-14(2,3)18-8-6-15-9-13-10-16-7-4-5-12(16)11-17-13/h12-13,15H,4-11H2,1-3H3. The molecule has 1 N–H and O–H groups in total. The van der Waals surface area contributed by atoms with Gasteiger partial charge in [-0.15, -0.1) is 0 Å². The van der Waals surface area contributed by atoms with Gasteiger partial charge in [0, 0.05) is 25.7 Å². The van der Waals surface area contributed by atoms with Crippen molar-refractivity contribution in [3.8, 4) is 0 Å². The Hall–Kier alpha value is -0.160. The summed E-state index contributed by atoms with van der Waals surface area (Å²) >= 11 is 0. The van der Waals surface area contributed by atoms with Crippen molar-refractivity contribution in [2.75, 3.05) is 39.4 Å². The van der Waals surface area contributed by atoms with Crippen LogP contribution in [0.1, 0.15) is 33.6 Å². The second kappa shape index (κ2) is 6.33. The topological polar surface area (TPSA) is 33.7 Å². The molecule has 0 aromatic heterocycles. The number of hydrogen-bond acceptors (Lipinski definition) is 4. The molecule has 0 aliphatic carbocycles. The smallest absolute Gasteiger partial charge is 0.0827 e. The van der Waals surface area contributed by atoms with E-state index in [9.17, 15) is 0 Å². The maximum atomic E-state index is 5.89. The van der Waals surface area contributed by atoms with E-state index in [-0.39, 0.29) is 5.60 Å². The molecule has 2 saturated heterocycles. The first-order chi connectivity index (χ1) is 8.54. The van der Waals surface area contributed by atoms with Gasteiger partial charge in [-0.25, -0.2) is 0 Å². The van der Waals surface area contributed by atoms with Gasteiger partial charge >= 0.3 is 0 Å². The Balaban J connectivity index is 1.54. The molecule has 0 bridgehead atoms. The van der Waals surface area contributed by atoms with Crippen LogP contribution in [0.4, 0.5) is 0 Å². The van der Waals surface area contributed by atoms with Gasteiger partial charge in [-0.1, -0.05) is 0 Å². The lowest BCUT2D eigenvalue weighted by molar-refractivity contribution is -0.0487. The minimum atomic E-state index is -0.0359. The fourth-order valence-corrected chi connectivity index (χ4v) is 2.70. The first-order valence-corrected chi connectivity index (χ1v) is 7.25. The first kappa shape index (κ1) is 14.3. The predicted molar refractivity (Wildman–Crippen MR) is 72.9 cm³/mol. The van der Waals surface area contributed by atoms with Crippen molar-refractivity contribution in [2.45, 2.75) is 51.4 Å². The molecule has 2 fully saturated rings. The van der Waals surface area contributed by atoms with Gasteiger partial charge in [-0.3, -0.25) is 4.90 Å². The summed E-state index contributed by atoms with van der Waals surface area (Å²) < 4.78 is 11.6. The first-order valence-electron chi connectivity index (χ1n) is 7.25. The van der Waals surface area contributed by atoms with E-state index in [4.69, 9.17) is 9.47 Å². The largest absolute Gasteiger partial charge is 0.375 e. The molecule has 0 saturated carbocycles. The van der Waals surface area contributed by atoms with Crippen molar-refractivity contribution in [3.63, 3.8) is 0 Å². The molecule has 0 amide bonds. The maximum Gasteiger partial charge on any atom is 0.0827 e. The lowest BCUT2D eigenvalue weighted by atomic mass is 10.2. The van der Waals surface area contributed by atoms with Gasteiger partial charge in [0.2, 0.25) is 0 Å². The highest BCUT2D eigenvalue weighted by Crippen LogP contribution is 2.22. The molecule has 18 heavy (non-hydrogen) atoms. The van der Waals surface area contributed by atoms with E-state index in [0.717, 1.165) is 32.8 Å². The Morgan fingerprint density at radius 1 is 1.39 bits per heavy atom. The molecular formula is C14H28N2O2. The van der Waals surface area contributed by atoms with Crippen LogP contribution in [0, 0.1) is 0 Å². The van der Waals surface area contributed by atoms with Crippen LogP contribution in [-0.2, 0) is 9.47 Å². The third-order valence-corrected chi connectivity index (χ3v) is 3.65. The summed E-state index contributed by atoms with van der Waals surface area (Å²) in [6, 6.07) is 0.700. The van der Waals surface area contributed by atoms with Crippen molar-refractivity contribution >= 4 is 0 Å². The average Bonchev–Trinajstić information content (AvgIpc) is 2.74. The molecule has 4 heteroatoms. The van der Waals surface area contributed by atoms with E-state index >= 15 is 0 Å². The Morgan fingerprint density at radius 3 is 3.00 bits per heavy atom. The molecule has 2 atom stereocenters. The normalized spacial score (nSPS) is 29.5. The fourth-order valence-electron chi connectivity index (χ4n) is 2.70. The van der Waals surface area contributed by atoms with Crippen molar-refractivity contribution in [1.82, 2.24) is 10.2 Å². The number of fused-ring (bicyclic) bond motifs is 1. The zero-order valence-electron chi connectivity index (χ0n) is 12.1. The molecular weight excluding hydrogens is 228 g/mol. The van der Waals surface area contributed by atoms with Gasteiger partial charge < -0.3 is 14.8 Å². The van der Waals surface area contributed by atoms with Crippen LogP contribution < -0.4 is 5.32 Å². The number of nitrogens with one attached hydrogen (secondary N) is 1. The second-order valence-electron chi connectivity index (χ2n) is 6.41. The Bertz CT molecular complexity index is 253. The molecule has 2 unspecified atom stereocenters. The summed E-state index contributed by atoms with van der Waals surface area (Å²) in [5.41, 5.74) is -0.0359. The zero-order valence-corrected chi connectivity index (χ0v) is 12.1. The van der Waals surface area contributed by atoms with E-state index in [2.05, 4.69) is 31.0 Å². The van der Waals surface area contributed by atoms with Crippen LogP contribution in [0.2, 0.25) is 0 Å². The Labute approximate surface area is 111 Å². The molecule has 0 aromatic carbocycles. The Kier molecular flexibility index (Phi) is 5.01. The van der Waals surface area contributed by atoms with Gasteiger partial charge in [0.25, 0.3) is 0 Å². The van der Waals surface area contributed by atoms with Crippen LogP contribution in [0.5, 0.6) is 0 Å². The molecule has 0 aromatic rings. The molecule has 2 rings (SSSR count). The number of ether oxygens (including phenoxy) is 2. The molecule has 2 aliphatic heterocycles. The summed E-state index contributed by atoms with van der Waals surface area (Å²) in [5, 5.41) is 3.43. The highest BCUT2D eigenvalue weighted by molar-refractivity contribution is 4.85. The number of morpholine rings is 1. The molecule has 2 heterocycles. The van der Waals surface area contributed by atoms with Gasteiger partial charge in [0.15, 0.2) is 0 Å².